The minimum atomic E-state index is -0.487. The van der Waals surface area contributed by atoms with Gasteiger partial charge in [0.15, 0.2) is 5.79 Å². The van der Waals surface area contributed by atoms with E-state index in [4.69, 9.17) is 9.47 Å². The molecule has 1 saturated carbocycles. The van der Waals surface area contributed by atoms with Crippen LogP contribution in [-0.4, -0.2) is 55.2 Å². The monoisotopic (exact) mass is 257 g/mol. The van der Waals surface area contributed by atoms with Gasteiger partial charge in [-0.05, 0) is 31.6 Å². The Morgan fingerprint density at radius 3 is 2.17 bits per heavy atom. The van der Waals surface area contributed by atoms with Crippen LogP contribution in [0.3, 0.4) is 0 Å². The molecule has 0 bridgehead atoms. The van der Waals surface area contributed by atoms with Gasteiger partial charge in [-0.2, -0.15) is 0 Å². The van der Waals surface area contributed by atoms with E-state index in [-0.39, 0.29) is 0 Å². The van der Waals surface area contributed by atoms with Crippen molar-refractivity contribution >= 4 is 0 Å². The average Bonchev–Trinajstić information content (AvgIpc) is 2.34. The van der Waals surface area contributed by atoms with Crippen LogP contribution in [-0.2, 0) is 9.47 Å². The fourth-order valence-electron chi connectivity index (χ4n) is 3.29. The van der Waals surface area contributed by atoms with Crippen LogP contribution in [0.4, 0.5) is 0 Å². The van der Waals surface area contributed by atoms with E-state index in [9.17, 15) is 5.11 Å². The van der Waals surface area contributed by atoms with Gasteiger partial charge in [0.05, 0.1) is 18.7 Å². The van der Waals surface area contributed by atoms with Crippen molar-refractivity contribution in [1.29, 1.82) is 0 Å². The maximum atomic E-state index is 10.6. The minimum Gasteiger partial charge on any atom is -0.389 e. The smallest absolute Gasteiger partial charge is 0.193 e. The van der Waals surface area contributed by atoms with E-state index in [0.29, 0.717) is 0 Å². The Kier molecular flexibility index (Phi) is 4.32. The molecule has 1 aliphatic heterocycles. The summed E-state index contributed by atoms with van der Waals surface area (Å²) in [5.74, 6) is 0.385. The molecular weight excluding hydrogens is 230 g/mol. The summed E-state index contributed by atoms with van der Waals surface area (Å²) in [6.07, 6.45) is 5.46. The van der Waals surface area contributed by atoms with Crippen molar-refractivity contribution in [2.24, 2.45) is 5.92 Å². The second kappa shape index (κ2) is 5.45. The molecule has 1 N–H and O–H groups in total. The van der Waals surface area contributed by atoms with Crippen molar-refractivity contribution in [2.75, 3.05) is 33.9 Å². The van der Waals surface area contributed by atoms with Crippen LogP contribution < -0.4 is 0 Å². The van der Waals surface area contributed by atoms with Crippen LogP contribution in [0.25, 0.3) is 0 Å². The average molecular weight is 257 g/mol. The predicted octanol–water partition coefficient (Wildman–Crippen LogP) is 1.62. The second-order valence-electron chi connectivity index (χ2n) is 6.04. The molecule has 0 aromatic carbocycles. The molecule has 106 valence electrons. The fraction of sp³-hybridized carbons (Fsp3) is 1.00. The summed E-state index contributed by atoms with van der Waals surface area (Å²) in [4.78, 5) is 2.24. The zero-order valence-corrected chi connectivity index (χ0v) is 11.9. The number of likely N-dealkylation sites (tertiary alicyclic amines) is 1. The van der Waals surface area contributed by atoms with Gasteiger partial charge >= 0.3 is 0 Å². The molecule has 0 spiro atoms. The molecule has 18 heavy (non-hydrogen) atoms. The van der Waals surface area contributed by atoms with Crippen molar-refractivity contribution < 1.29 is 14.6 Å². The van der Waals surface area contributed by atoms with Crippen LogP contribution in [0.15, 0.2) is 0 Å². The molecule has 4 nitrogen and oxygen atoms in total. The zero-order chi connectivity index (χ0) is 13.2. The van der Waals surface area contributed by atoms with Gasteiger partial charge in [-0.25, -0.2) is 0 Å². The molecule has 0 unspecified atom stereocenters. The number of nitrogens with zero attached hydrogens (tertiary/aromatic N) is 1. The molecule has 0 amide bonds. The standard InChI is InChI=1S/C14H27NO3/c1-4-12-5-7-13(16,8-6-12)9-15-10-14(11-15,17-2)18-3/h12,16H,4-11H2,1-3H3. The Morgan fingerprint density at radius 1 is 1.17 bits per heavy atom. The van der Waals surface area contributed by atoms with E-state index in [0.717, 1.165) is 38.4 Å². The van der Waals surface area contributed by atoms with E-state index in [1.165, 1.54) is 19.3 Å². The number of rotatable bonds is 5. The lowest BCUT2D eigenvalue weighted by atomic mass is 9.77. The van der Waals surface area contributed by atoms with Crippen molar-refractivity contribution in [2.45, 2.75) is 50.4 Å². The minimum absolute atomic E-state index is 0.434. The van der Waals surface area contributed by atoms with Crippen molar-refractivity contribution in [1.82, 2.24) is 4.90 Å². The molecular formula is C14H27NO3. The first-order valence-electron chi connectivity index (χ1n) is 7.10. The van der Waals surface area contributed by atoms with Gasteiger partial charge in [0.1, 0.15) is 0 Å². The van der Waals surface area contributed by atoms with E-state index in [2.05, 4.69) is 11.8 Å². The first-order chi connectivity index (χ1) is 8.55. The first kappa shape index (κ1) is 14.3. The number of methoxy groups -OCH3 is 2. The number of ether oxygens (including phenoxy) is 2. The summed E-state index contributed by atoms with van der Waals surface area (Å²) in [7, 11) is 3.37. The Balaban J connectivity index is 1.78. The molecule has 1 aliphatic carbocycles. The van der Waals surface area contributed by atoms with Gasteiger partial charge < -0.3 is 14.6 Å². The lowest BCUT2D eigenvalue weighted by molar-refractivity contribution is -0.281. The van der Waals surface area contributed by atoms with Crippen molar-refractivity contribution in [3.05, 3.63) is 0 Å². The van der Waals surface area contributed by atoms with Crippen LogP contribution in [0.1, 0.15) is 39.0 Å². The Morgan fingerprint density at radius 2 is 1.72 bits per heavy atom. The van der Waals surface area contributed by atoms with Crippen LogP contribution in [0.5, 0.6) is 0 Å². The van der Waals surface area contributed by atoms with Gasteiger partial charge in [-0.15, -0.1) is 0 Å². The Labute approximate surface area is 110 Å². The maximum Gasteiger partial charge on any atom is 0.193 e. The third-order valence-corrected chi connectivity index (χ3v) is 4.80. The summed E-state index contributed by atoms with van der Waals surface area (Å²) in [5, 5.41) is 10.6. The third kappa shape index (κ3) is 2.87. The molecule has 2 aliphatic rings. The molecule has 0 aromatic heterocycles. The topological polar surface area (TPSA) is 41.9 Å². The largest absolute Gasteiger partial charge is 0.389 e. The molecule has 4 heteroatoms. The zero-order valence-electron chi connectivity index (χ0n) is 11.9. The van der Waals surface area contributed by atoms with Gasteiger partial charge in [0, 0.05) is 20.8 Å². The normalized spacial score (nSPS) is 36.3. The molecule has 2 rings (SSSR count). The first-order valence-corrected chi connectivity index (χ1v) is 7.10. The van der Waals surface area contributed by atoms with Crippen LogP contribution in [0.2, 0.25) is 0 Å². The second-order valence-corrected chi connectivity index (χ2v) is 6.04. The highest BCUT2D eigenvalue weighted by molar-refractivity contribution is 4.95. The van der Waals surface area contributed by atoms with E-state index in [1.54, 1.807) is 14.2 Å². The number of β-amino-alcohol motifs (C(OH)–C–C–N with tert-alkyl or cyclic N) is 1. The molecule has 2 fully saturated rings. The quantitative estimate of drug-likeness (QED) is 0.760. The maximum absolute atomic E-state index is 10.6. The summed E-state index contributed by atoms with van der Waals surface area (Å²) in [5.41, 5.74) is -0.487. The summed E-state index contributed by atoms with van der Waals surface area (Å²) < 4.78 is 10.7. The predicted molar refractivity (Wildman–Crippen MR) is 70.4 cm³/mol. The highest BCUT2D eigenvalue weighted by Gasteiger charge is 2.46. The lowest BCUT2D eigenvalue weighted by Crippen LogP contribution is -2.66. The lowest BCUT2D eigenvalue weighted by Gasteiger charge is -2.50. The summed E-state index contributed by atoms with van der Waals surface area (Å²) >= 11 is 0. The molecule has 1 saturated heterocycles. The van der Waals surface area contributed by atoms with Crippen molar-refractivity contribution in [3.8, 4) is 0 Å². The summed E-state index contributed by atoms with van der Waals surface area (Å²) in [6.45, 7) is 4.53. The number of aliphatic hydroxyl groups is 1. The van der Waals surface area contributed by atoms with Gasteiger partial charge in [-0.3, -0.25) is 4.90 Å². The van der Waals surface area contributed by atoms with E-state index >= 15 is 0 Å². The third-order valence-electron chi connectivity index (χ3n) is 4.80. The highest BCUT2D eigenvalue weighted by Crippen LogP contribution is 2.36. The Bertz CT molecular complexity index is 262. The molecule has 0 aromatic rings. The van der Waals surface area contributed by atoms with E-state index < -0.39 is 11.4 Å². The number of hydrogen-bond acceptors (Lipinski definition) is 4. The number of hydrogen-bond donors (Lipinski definition) is 1. The molecule has 0 radical (unpaired) electrons. The van der Waals surface area contributed by atoms with Crippen LogP contribution in [0, 0.1) is 5.92 Å². The Hall–Kier alpha value is -0.160. The van der Waals surface area contributed by atoms with E-state index in [1.807, 2.05) is 0 Å². The SMILES string of the molecule is CCC1CCC(O)(CN2CC(OC)(OC)C2)CC1. The highest BCUT2D eigenvalue weighted by atomic mass is 16.7. The van der Waals surface area contributed by atoms with Crippen molar-refractivity contribution in [3.63, 3.8) is 0 Å². The van der Waals surface area contributed by atoms with Gasteiger partial charge in [0.2, 0.25) is 0 Å². The van der Waals surface area contributed by atoms with Gasteiger partial charge in [0.25, 0.3) is 0 Å². The summed E-state index contributed by atoms with van der Waals surface area (Å²) in [6, 6.07) is 0. The van der Waals surface area contributed by atoms with Crippen LogP contribution >= 0.6 is 0 Å². The molecule has 0 atom stereocenters. The fourth-order valence-corrected chi connectivity index (χ4v) is 3.29. The molecule has 1 heterocycles. The van der Waals surface area contributed by atoms with Gasteiger partial charge in [-0.1, -0.05) is 13.3 Å².